The van der Waals surface area contributed by atoms with E-state index in [-0.39, 0.29) is 29.5 Å². The molecule has 0 aliphatic heterocycles. The third-order valence-corrected chi connectivity index (χ3v) is 5.47. The van der Waals surface area contributed by atoms with Crippen LogP contribution in [0.3, 0.4) is 0 Å². The molecular weight excluding hydrogens is 459 g/mol. The zero-order valence-corrected chi connectivity index (χ0v) is 18.1. The Morgan fingerprint density at radius 2 is 1.88 bits per heavy atom. The van der Waals surface area contributed by atoms with Gasteiger partial charge in [0.1, 0.15) is 18.0 Å². The SMILES string of the molecule is CC(=O)Nc1nc(C)c(Oc2ccc(-n3ncn(Cc4c(F)cccc4F)c3=O)cc2F)s1. The van der Waals surface area contributed by atoms with Gasteiger partial charge in [-0.3, -0.25) is 9.36 Å². The molecular formula is C21H16F3N5O3S. The predicted molar refractivity (Wildman–Crippen MR) is 114 cm³/mol. The molecule has 1 N–H and O–H groups in total. The van der Waals surface area contributed by atoms with Crippen molar-refractivity contribution >= 4 is 22.4 Å². The van der Waals surface area contributed by atoms with E-state index in [4.69, 9.17) is 4.74 Å². The van der Waals surface area contributed by atoms with Crippen LogP contribution >= 0.6 is 11.3 Å². The van der Waals surface area contributed by atoms with Crippen LogP contribution in [0.5, 0.6) is 10.8 Å². The van der Waals surface area contributed by atoms with Gasteiger partial charge in [-0.2, -0.15) is 9.78 Å². The number of nitrogens with zero attached hydrogens (tertiary/aromatic N) is 4. The minimum Gasteiger partial charge on any atom is -0.442 e. The molecule has 0 spiro atoms. The Labute approximate surface area is 188 Å². The molecule has 0 aliphatic rings. The Kier molecular flexibility index (Phi) is 6.01. The fourth-order valence-corrected chi connectivity index (χ4v) is 3.84. The minimum atomic E-state index is -0.790. The molecule has 0 radical (unpaired) electrons. The normalized spacial score (nSPS) is 10.9. The summed E-state index contributed by atoms with van der Waals surface area (Å²) in [7, 11) is 0. The minimum absolute atomic E-state index is 0.0950. The second-order valence-corrected chi connectivity index (χ2v) is 7.90. The lowest BCUT2D eigenvalue weighted by Crippen LogP contribution is -2.24. The van der Waals surface area contributed by atoms with Gasteiger partial charge in [0.25, 0.3) is 0 Å². The van der Waals surface area contributed by atoms with Crippen LogP contribution in [0, 0.1) is 24.4 Å². The van der Waals surface area contributed by atoms with Crippen molar-refractivity contribution in [3.63, 3.8) is 0 Å². The van der Waals surface area contributed by atoms with E-state index in [1.165, 1.54) is 25.1 Å². The number of aromatic nitrogens is 4. The summed E-state index contributed by atoms with van der Waals surface area (Å²) in [5.74, 6) is -2.78. The second-order valence-electron chi connectivity index (χ2n) is 6.94. The van der Waals surface area contributed by atoms with Crippen LogP contribution in [0.25, 0.3) is 5.69 Å². The molecule has 2 heterocycles. The zero-order valence-electron chi connectivity index (χ0n) is 17.3. The van der Waals surface area contributed by atoms with Crippen LogP contribution in [-0.4, -0.2) is 25.2 Å². The van der Waals surface area contributed by atoms with Crippen molar-refractivity contribution in [1.29, 1.82) is 0 Å². The summed E-state index contributed by atoms with van der Waals surface area (Å²) in [6.07, 6.45) is 1.11. The summed E-state index contributed by atoms with van der Waals surface area (Å²) >= 11 is 1.04. The van der Waals surface area contributed by atoms with Crippen LogP contribution in [0.1, 0.15) is 18.2 Å². The molecule has 0 unspecified atom stereocenters. The number of carbonyl (C=O) groups excluding carboxylic acids is 1. The van der Waals surface area contributed by atoms with E-state index in [0.717, 1.165) is 45.1 Å². The Morgan fingerprint density at radius 3 is 2.55 bits per heavy atom. The van der Waals surface area contributed by atoms with Gasteiger partial charge < -0.3 is 10.1 Å². The Morgan fingerprint density at radius 1 is 1.15 bits per heavy atom. The molecule has 0 saturated heterocycles. The van der Waals surface area contributed by atoms with Crippen molar-refractivity contribution in [3.8, 4) is 16.5 Å². The van der Waals surface area contributed by atoms with Gasteiger partial charge >= 0.3 is 5.69 Å². The summed E-state index contributed by atoms with van der Waals surface area (Å²) in [4.78, 5) is 27.9. The summed E-state index contributed by atoms with van der Waals surface area (Å²) in [6, 6.07) is 7.16. The monoisotopic (exact) mass is 475 g/mol. The highest BCUT2D eigenvalue weighted by Crippen LogP contribution is 2.35. The van der Waals surface area contributed by atoms with Crippen molar-refractivity contribution in [3.05, 3.63) is 81.9 Å². The van der Waals surface area contributed by atoms with Gasteiger partial charge in [0.15, 0.2) is 16.7 Å². The van der Waals surface area contributed by atoms with Gasteiger partial charge in [0, 0.05) is 18.6 Å². The Balaban J connectivity index is 1.57. The highest BCUT2D eigenvalue weighted by molar-refractivity contribution is 7.17. The topological polar surface area (TPSA) is 91.0 Å². The lowest BCUT2D eigenvalue weighted by molar-refractivity contribution is -0.114. The molecule has 12 heteroatoms. The number of anilines is 1. The summed E-state index contributed by atoms with van der Waals surface area (Å²) in [5, 5.41) is 7.04. The molecule has 170 valence electrons. The zero-order chi connectivity index (χ0) is 23.7. The van der Waals surface area contributed by atoms with E-state index in [0.29, 0.717) is 15.9 Å². The summed E-state index contributed by atoms with van der Waals surface area (Å²) in [6.45, 7) is 2.61. The molecule has 8 nitrogen and oxygen atoms in total. The smallest absolute Gasteiger partial charge is 0.350 e. The van der Waals surface area contributed by atoms with Gasteiger partial charge in [-0.25, -0.2) is 22.9 Å². The van der Waals surface area contributed by atoms with Crippen LogP contribution < -0.4 is 15.7 Å². The van der Waals surface area contributed by atoms with Crippen molar-refractivity contribution in [2.75, 3.05) is 5.32 Å². The molecule has 0 saturated carbocycles. The Hall–Kier alpha value is -3.93. The van der Waals surface area contributed by atoms with Gasteiger partial charge in [-0.15, -0.1) is 0 Å². The molecule has 4 aromatic rings. The van der Waals surface area contributed by atoms with Gasteiger partial charge in [0.2, 0.25) is 11.0 Å². The lowest BCUT2D eigenvalue weighted by Gasteiger charge is -2.07. The number of carbonyl (C=O) groups is 1. The number of benzene rings is 2. The van der Waals surface area contributed by atoms with Gasteiger partial charge in [-0.05, 0) is 31.2 Å². The maximum Gasteiger partial charge on any atom is 0.350 e. The quantitative estimate of drug-likeness (QED) is 0.455. The van der Waals surface area contributed by atoms with Crippen molar-refractivity contribution in [2.45, 2.75) is 20.4 Å². The first-order valence-corrected chi connectivity index (χ1v) is 10.3. The molecule has 0 atom stereocenters. The summed E-state index contributed by atoms with van der Waals surface area (Å²) < 4.78 is 50.0. The van der Waals surface area contributed by atoms with E-state index >= 15 is 0 Å². The van der Waals surface area contributed by atoms with Crippen LogP contribution in [0.2, 0.25) is 0 Å². The first-order valence-electron chi connectivity index (χ1n) is 9.53. The third kappa shape index (κ3) is 4.65. The highest BCUT2D eigenvalue weighted by Gasteiger charge is 2.16. The fraction of sp³-hybridized carbons (Fsp3) is 0.143. The number of hydrogen-bond acceptors (Lipinski definition) is 6. The van der Waals surface area contributed by atoms with Gasteiger partial charge in [0.05, 0.1) is 17.9 Å². The standard InChI is InChI=1S/C21H16F3N5O3S/c1-11-19(33-20(26-11)27-12(2)30)32-18-7-6-13(8-17(18)24)29-21(31)28(10-25-29)9-14-15(22)4-3-5-16(14)23/h3-8,10H,9H2,1-2H3,(H,26,27,30). The average Bonchev–Trinajstić information content (AvgIpc) is 3.27. The molecule has 0 bridgehead atoms. The molecule has 4 rings (SSSR count). The number of hydrogen-bond donors (Lipinski definition) is 1. The van der Waals surface area contributed by atoms with E-state index in [9.17, 15) is 22.8 Å². The summed E-state index contributed by atoms with van der Waals surface area (Å²) in [5.41, 5.74) is -0.434. The number of nitrogens with one attached hydrogen (secondary N) is 1. The van der Waals surface area contributed by atoms with E-state index < -0.39 is 23.1 Å². The molecule has 1 amide bonds. The van der Waals surface area contributed by atoms with Crippen LogP contribution in [0.4, 0.5) is 18.3 Å². The number of thiazole rings is 1. The molecule has 0 fully saturated rings. The molecule has 33 heavy (non-hydrogen) atoms. The number of ether oxygens (including phenoxy) is 1. The number of halogens is 3. The lowest BCUT2D eigenvalue weighted by atomic mass is 10.2. The van der Waals surface area contributed by atoms with E-state index in [1.54, 1.807) is 6.92 Å². The molecule has 0 aliphatic carbocycles. The first-order chi connectivity index (χ1) is 15.7. The van der Waals surface area contributed by atoms with Crippen molar-refractivity contribution in [1.82, 2.24) is 19.3 Å². The molecule has 2 aromatic carbocycles. The fourth-order valence-electron chi connectivity index (χ4n) is 2.96. The maximum absolute atomic E-state index is 14.7. The van der Waals surface area contributed by atoms with E-state index in [2.05, 4.69) is 15.4 Å². The first kappa shape index (κ1) is 22.3. The van der Waals surface area contributed by atoms with Crippen LogP contribution in [0.15, 0.2) is 47.5 Å². The highest BCUT2D eigenvalue weighted by atomic mass is 32.1. The number of aryl methyl sites for hydroxylation is 1. The number of rotatable bonds is 6. The molecule has 2 aromatic heterocycles. The maximum atomic E-state index is 14.7. The van der Waals surface area contributed by atoms with Gasteiger partial charge in [-0.1, -0.05) is 17.4 Å². The predicted octanol–water partition coefficient (Wildman–Crippen LogP) is 4.02. The average molecular weight is 475 g/mol. The number of amides is 1. The second kappa shape index (κ2) is 8.90. The third-order valence-electron chi connectivity index (χ3n) is 4.52. The van der Waals surface area contributed by atoms with Crippen LogP contribution in [-0.2, 0) is 11.3 Å². The largest absolute Gasteiger partial charge is 0.442 e. The Bertz CT molecular complexity index is 1390. The van der Waals surface area contributed by atoms with Crippen molar-refractivity contribution in [2.24, 2.45) is 0 Å². The van der Waals surface area contributed by atoms with Crippen molar-refractivity contribution < 1.29 is 22.7 Å². The van der Waals surface area contributed by atoms with E-state index in [1.807, 2.05) is 0 Å².